The Kier molecular flexibility index (Phi) is 3.25. The topological polar surface area (TPSA) is 27.6 Å². The van der Waals surface area contributed by atoms with Crippen LogP contribution in [0.1, 0.15) is 51.9 Å². The fourth-order valence-electron chi connectivity index (χ4n) is 3.78. The molecular weight excluding hydrogens is 222 g/mol. The van der Waals surface area contributed by atoms with Crippen LogP contribution in [0.2, 0.25) is 0 Å². The number of hydrogen-bond donors (Lipinski definition) is 1. The molecule has 1 aliphatic heterocycles. The lowest BCUT2D eigenvalue weighted by Crippen LogP contribution is -2.43. The molecular formula is C15H27N3. The van der Waals surface area contributed by atoms with Crippen molar-refractivity contribution in [1.82, 2.24) is 10.2 Å². The van der Waals surface area contributed by atoms with Crippen molar-refractivity contribution in [3.63, 3.8) is 0 Å². The fourth-order valence-corrected chi connectivity index (χ4v) is 3.78. The molecule has 1 N–H and O–H groups in total. The average Bonchev–Trinajstić information content (AvgIpc) is 2.90. The number of rotatable bonds is 3. The highest BCUT2D eigenvalue weighted by Crippen LogP contribution is 2.48. The summed E-state index contributed by atoms with van der Waals surface area (Å²) in [7, 11) is 1.94. The summed E-state index contributed by atoms with van der Waals surface area (Å²) in [6.07, 6.45) is 9.77. The van der Waals surface area contributed by atoms with Gasteiger partial charge >= 0.3 is 0 Å². The van der Waals surface area contributed by atoms with E-state index < -0.39 is 0 Å². The first-order chi connectivity index (χ1) is 8.76. The van der Waals surface area contributed by atoms with E-state index in [-0.39, 0.29) is 0 Å². The van der Waals surface area contributed by atoms with Gasteiger partial charge in [-0.25, -0.2) is 0 Å². The van der Waals surface area contributed by atoms with E-state index in [4.69, 9.17) is 0 Å². The molecule has 1 saturated heterocycles. The molecule has 3 nitrogen and oxygen atoms in total. The zero-order valence-corrected chi connectivity index (χ0v) is 11.9. The molecule has 0 amide bonds. The quantitative estimate of drug-likeness (QED) is 0.615. The molecule has 0 aromatic heterocycles. The van der Waals surface area contributed by atoms with Gasteiger partial charge < -0.3 is 10.2 Å². The van der Waals surface area contributed by atoms with Crippen LogP contribution in [0.3, 0.4) is 0 Å². The van der Waals surface area contributed by atoms with Crippen LogP contribution in [0.25, 0.3) is 0 Å². The van der Waals surface area contributed by atoms with Crippen LogP contribution in [-0.4, -0.2) is 37.0 Å². The molecule has 2 atom stereocenters. The van der Waals surface area contributed by atoms with Gasteiger partial charge in [-0.3, -0.25) is 4.99 Å². The van der Waals surface area contributed by atoms with Crippen molar-refractivity contribution >= 4 is 5.96 Å². The van der Waals surface area contributed by atoms with Crippen molar-refractivity contribution in [2.24, 2.45) is 16.3 Å². The maximum absolute atomic E-state index is 4.50. The molecule has 3 fully saturated rings. The predicted molar refractivity (Wildman–Crippen MR) is 75.8 cm³/mol. The Morgan fingerprint density at radius 2 is 2.22 bits per heavy atom. The van der Waals surface area contributed by atoms with E-state index in [1.165, 1.54) is 64.0 Å². The Labute approximate surface area is 111 Å². The van der Waals surface area contributed by atoms with Crippen LogP contribution < -0.4 is 5.32 Å². The molecule has 18 heavy (non-hydrogen) atoms. The molecule has 2 aliphatic carbocycles. The van der Waals surface area contributed by atoms with Crippen LogP contribution in [0.4, 0.5) is 0 Å². The number of nitrogens with one attached hydrogen (secondary N) is 1. The predicted octanol–water partition coefficient (Wildman–Crippen LogP) is 2.63. The Hall–Kier alpha value is -0.730. The first kappa shape index (κ1) is 12.3. The van der Waals surface area contributed by atoms with Gasteiger partial charge in [-0.2, -0.15) is 0 Å². The Morgan fingerprint density at radius 1 is 1.39 bits per heavy atom. The lowest BCUT2D eigenvalue weighted by Gasteiger charge is -2.38. The third-order valence-electron chi connectivity index (χ3n) is 5.26. The lowest BCUT2D eigenvalue weighted by atomic mass is 9.68. The third-order valence-corrected chi connectivity index (χ3v) is 5.26. The molecule has 0 radical (unpaired) electrons. The standard InChI is InChI=1S/C15H27N3/c1-3-5-12-10-13(12)17-14(16-2)18-9-8-15(11-18)6-4-7-15/h12-13H,3-11H2,1-2H3,(H,16,17). The number of aliphatic imine (C=N–C) groups is 1. The average molecular weight is 249 g/mol. The summed E-state index contributed by atoms with van der Waals surface area (Å²) in [4.78, 5) is 7.00. The van der Waals surface area contributed by atoms with Gasteiger partial charge in [0.2, 0.25) is 0 Å². The number of hydrogen-bond acceptors (Lipinski definition) is 1. The van der Waals surface area contributed by atoms with E-state index >= 15 is 0 Å². The molecule has 2 unspecified atom stereocenters. The first-order valence-corrected chi connectivity index (χ1v) is 7.74. The lowest BCUT2D eigenvalue weighted by molar-refractivity contribution is 0.151. The highest BCUT2D eigenvalue weighted by Gasteiger charge is 2.44. The van der Waals surface area contributed by atoms with Crippen molar-refractivity contribution in [3.05, 3.63) is 0 Å². The summed E-state index contributed by atoms with van der Waals surface area (Å²) >= 11 is 0. The van der Waals surface area contributed by atoms with Crippen LogP contribution in [0.5, 0.6) is 0 Å². The van der Waals surface area contributed by atoms with Crippen molar-refractivity contribution in [3.8, 4) is 0 Å². The fraction of sp³-hybridized carbons (Fsp3) is 0.933. The number of guanidine groups is 1. The zero-order chi connectivity index (χ0) is 12.6. The minimum atomic E-state index is 0.671. The highest BCUT2D eigenvalue weighted by molar-refractivity contribution is 5.81. The van der Waals surface area contributed by atoms with Gasteiger partial charge in [0.25, 0.3) is 0 Å². The second-order valence-corrected chi connectivity index (χ2v) is 6.61. The number of nitrogens with zero attached hydrogens (tertiary/aromatic N) is 2. The molecule has 0 bridgehead atoms. The van der Waals surface area contributed by atoms with Crippen LogP contribution >= 0.6 is 0 Å². The molecule has 0 aromatic rings. The van der Waals surface area contributed by atoms with Crippen molar-refractivity contribution in [2.45, 2.75) is 57.9 Å². The Balaban J connectivity index is 1.51. The minimum Gasteiger partial charge on any atom is -0.353 e. The summed E-state index contributed by atoms with van der Waals surface area (Å²) in [6.45, 7) is 4.74. The van der Waals surface area contributed by atoms with Gasteiger partial charge in [-0.15, -0.1) is 0 Å². The van der Waals surface area contributed by atoms with Crippen LogP contribution in [-0.2, 0) is 0 Å². The van der Waals surface area contributed by atoms with Gasteiger partial charge in [0.05, 0.1) is 0 Å². The monoisotopic (exact) mass is 249 g/mol. The zero-order valence-electron chi connectivity index (χ0n) is 11.9. The van der Waals surface area contributed by atoms with Gasteiger partial charge in [0, 0.05) is 26.2 Å². The van der Waals surface area contributed by atoms with Gasteiger partial charge in [-0.05, 0) is 43.4 Å². The van der Waals surface area contributed by atoms with E-state index in [0.717, 1.165) is 5.92 Å². The van der Waals surface area contributed by atoms with E-state index in [2.05, 4.69) is 22.1 Å². The SMILES string of the molecule is CCCC1CC1NC(=NC)N1CCC2(CCC2)C1. The normalized spacial score (nSPS) is 33.7. The molecule has 2 saturated carbocycles. The molecule has 3 aliphatic rings. The number of likely N-dealkylation sites (tertiary alicyclic amines) is 1. The Bertz CT molecular complexity index is 333. The first-order valence-electron chi connectivity index (χ1n) is 7.74. The maximum Gasteiger partial charge on any atom is 0.193 e. The summed E-state index contributed by atoms with van der Waals surface area (Å²) in [5, 5.41) is 3.68. The van der Waals surface area contributed by atoms with Crippen molar-refractivity contribution in [2.75, 3.05) is 20.1 Å². The van der Waals surface area contributed by atoms with E-state index in [1.54, 1.807) is 0 Å². The largest absolute Gasteiger partial charge is 0.353 e. The van der Waals surface area contributed by atoms with Crippen molar-refractivity contribution in [1.29, 1.82) is 0 Å². The maximum atomic E-state index is 4.50. The smallest absolute Gasteiger partial charge is 0.193 e. The summed E-state index contributed by atoms with van der Waals surface area (Å²) in [5.74, 6) is 2.08. The van der Waals surface area contributed by atoms with E-state index in [0.29, 0.717) is 11.5 Å². The van der Waals surface area contributed by atoms with Crippen LogP contribution in [0, 0.1) is 11.3 Å². The summed E-state index contributed by atoms with van der Waals surface area (Å²) in [5.41, 5.74) is 0.671. The van der Waals surface area contributed by atoms with Gasteiger partial charge in [0.1, 0.15) is 0 Å². The van der Waals surface area contributed by atoms with Gasteiger partial charge in [0.15, 0.2) is 5.96 Å². The van der Waals surface area contributed by atoms with E-state index in [9.17, 15) is 0 Å². The molecule has 3 rings (SSSR count). The van der Waals surface area contributed by atoms with Crippen LogP contribution in [0.15, 0.2) is 4.99 Å². The molecule has 1 spiro atoms. The van der Waals surface area contributed by atoms with E-state index in [1.807, 2.05) is 7.05 Å². The van der Waals surface area contributed by atoms with Crippen molar-refractivity contribution < 1.29 is 0 Å². The highest BCUT2D eigenvalue weighted by atomic mass is 15.3. The summed E-state index contributed by atoms with van der Waals surface area (Å²) < 4.78 is 0. The molecule has 102 valence electrons. The molecule has 3 heteroatoms. The van der Waals surface area contributed by atoms with Gasteiger partial charge in [-0.1, -0.05) is 19.8 Å². The summed E-state index contributed by atoms with van der Waals surface area (Å²) in [6, 6.07) is 0.710. The minimum absolute atomic E-state index is 0.671. The third kappa shape index (κ3) is 2.24. The molecule has 1 heterocycles. The second-order valence-electron chi connectivity index (χ2n) is 6.61. The second kappa shape index (κ2) is 4.75. The molecule has 0 aromatic carbocycles. The Morgan fingerprint density at radius 3 is 2.78 bits per heavy atom.